The third-order valence-electron chi connectivity index (χ3n) is 4.46. The molecular weight excluding hydrogens is 301 g/mol. The second-order valence-corrected chi connectivity index (χ2v) is 7.33. The van der Waals surface area contributed by atoms with Crippen LogP contribution in [0.1, 0.15) is 50.8 Å². The maximum atomic E-state index is 12.7. The van der Waals surface area contributed by atoms with Crippen LogP contribution in [0, 0.1) is 0 Å². The fraction of sp³-hybridized carbons (Fsp3) is 0.667. The van der Waals surface area contributed by atoms with E-state index in [4.69, 9.17) is 0 Å². The third-order valence-corrected chi connectivity index (χ3v) is 4.46. The number of piperazine rings is 1. The number of hydrogen-bond donors (Lipinski definition) is 1. The second-order valence-electron chi connectivity index (χ2n) is 7.33. The molecule has 0 bridgehead atoms. The normalized spacial score (nSPS) is 18.9. The molecule has 1 aromatic rings. The van der Waals surface area contributed by atoms with Crippen molar-refractivity contribution in [1.82, 2.24) is 10.2 Å². The molecule has 130 valence electrons. The van der Waals surface area contributed by atoms with E-state index < -0.39 is 12.6 Å². The quantitative estimate of drug-likeness (QED) is 0.888. The van der Waals surface area contributed by atoms with Crippen molar-refractivity contribution >= 4 is 0 Å². The molecule has 2 rings (SSSR count). The Labute approximate surface area is 137 Å². The third kappa shape index (κ3) is 5.50. The molecule has 0 saturated carbocycles. The van der Waals surface area contributed by atoms with Crippen LogP contribution in [0.2, 0.25) is 0 Å². The Balaban J connectivity index is 2.18. The zero-order valence-corrected chi connectivity index (χ0v) is 14.2. The molecule has 0 aliphatic carbocycles. The van der Waals surface area contributed by atoms with E-state index in [9.17, 15) is 13.2 Å². The van der Waals surface area contributed by atoms with Crippen molar-refractivity contribution < 1.29 is 13.2 Å². The van der Waals surface area contributed by atoms with E-state index >= 15 is 0 Å². The largest absolute Gasteiger partial charge is 0.389 e. The molecule has 0 amide bonds. The monoisotopic (exact) mass is 328 g/mol. The smallest absolute Gasteiger partial charge is 0.314 e. The Kier molecular flexibility index (Phi) is 5.74. The lowest BCUT2D eigenvalue weighted by Crippen LogP contribution is -2.45. The molecule has 5 heteroatoms. The summed E-state index contributed by atoms with van der Waals surface area (Å²) >= 11 is 0. The van der Waals surface area contributed by atoms with Crippen LogP contribution in [-0.4, -0.2) is 37.3 Å². The van der Waals surface area contributed by atoms with E-state index in [1.165, 1.54) is 5.56 Å². The predicted molar refractivity (Wildman–Crippen MR) is 87.6 cm³/mol. The van der Waals surface area contributed by atoms with E-state index in [-0.39, 0.29) is 17.9 Å². The van der Waals surface area contributed by atoms with Crippen molar-refractivity contribution in [2.75, 3.05) is 26.2 Å². The highest BCUT2D eigenvalue weighted by Gasteiger charge is 2.31. The minimum absolute atomic E-state index is 0.0506. The van der Waals surface area contributed by atoms with Gasteiger partial charge in [-0.3, -0.25) is 4.90 Å². The van der Waals surface area contributed by atoms with Crippen molar-refractivity contribution in [2.24, 2.45) is 0 Å². The maximum Gasteiger partial charge on any atom is 0.389 e. The minimum atomic E-state index is -4.10. The van der Waals surface area contributed by atoms with Gasteiger partial charge in [0.2, 0.25) is 0 Å². The molecule has 1 aliphatic rings. The number of alkyl halides is 3. The summed E-state index contributed by atoms with van der Waals surface area (Å²) in [5.41, 5.74) is 2.25. The SMILES string of the molecule is CC(C)(C)c1ccc([C@H](CCC(F)(F)F)N2CCNCC2)cc1. The maximum absolute atomic E-state index is 12.7. The van der Waals surface area contributed by atoms with Gasteiger partial charge in [-0.25, -0.2) is 0 Å². The predicted octanol–water partition coefficient (Wildman–Crippen LogP) is 4.27. The van der Waals surface area contributed by atoms with Crippen LogP contribution >= 0.6 is 0 Å². The van der Waals surface area contributed by atoms with Crippen LogP contribution in [0.25, 0.3) is 0 Å². The molecule has 1 saturated heterocycles. The standard InChI is InChI=1S/C18H27F3N2/c1-17(2,3)15-6-4-14(5-7-15)16(8-9-18(19,20)21)23-12-10-22-11-13-23/h4-7,16,22H,8-13H2,1-3H3/t16-/m0/s1. The molecule has 2 nitrogen and oxygen atoms in total. The molecule has 0 radical (unpaired) electrons. The van der Waals surface area contributed by atoms with Crippen molar-refractivity contribution in [3.63, 3.8) is 0 Å². The van der Waals surface area contributed by atoms with Crippen molar-refractivity contribution in [3.05, 3.63) is 35.4 Å². The Hall–Kier alpha value is -1.07. The van der Waals surface area contributed by atoms with Gasteiger partial charge >= 0.3 is 6.18 Å². The van der Waals surface area contributed by atoms with Gasteiger partial charge in [-0.1, -0.05) is 45.0 Å². The lowest BCUT2D eigenvalue weighted by atomic mass is 9.86. The molecule has 0 aromatic heterocycles. The van der Waals surface area contributed by atoms with Crippen LogP contribution in [0.4, 0.5) is 13.2 Å². The van der Waals surface area contributed by atoms with Gasteiger partial charge in [-0.15, -0.1) is 0 Å². The average molecular weight is 328 g/mol. The molecule has 1 fully saturated rings. The number of hydrogen-bond acceptors (Lipinski definition) is 2. The first kappa shape index (κ1) is 18.3. The van der Waals surface area contributed by atoms with Gasteiger partial charge in [0, 0.05) is 38.6 Å². The van der Waals surface area contributed by atoms with Gasteiger partial charge in [0.05, 0.1) is 0 Å². The van der Waals surface area contributed by atoms with E-state index in [2.05, 4.69) is 43.1 Å². The molecule has 1 N–H and O–H groups in total. The van der Waals surface area contributed by atoms with Gasteiger partial charge in [0.25, 0.3) is 0 Å². The molecule has 0 unspecified atom stereocenters. The average Bonchev–Trinajstić information content (AvgIpc) is 2.47. The first-order valence-corrected chi connectivity index (χ1v) is 8.29. The van der Waals surface area contributed by atoms with Crippen LogP contribution in [0.15, 0.2) is 24.3 Å². The number of nitrogens with zero attached hydrogens (tertiary/aromatic N) is 1. The van der Waals surface area contributed by atoms with E-state index in [0.717, 1.165) is 31.7 Å². The van der Waals surface area contributed by atoms with Gasteiger partial charge in [0.1, 0.15) is 0 Å². The van der Waals surface area contributed by atoms with Gasteiger partial charge in [0.15, 0.2) is 0 Å². The van der Waals surface area contributed by atoms with Crippen molar-refractivity contribution in [2.45, 2.75) is 51.2 Å². The van der Waals surface area contributed by atoms with E-state index in [1.54, 1.807) is 0 Å². The summed E-state index contributed by atoms with van der Waals surface area (Å²) in [6.07, 6.45) is -4.71. The van der Waals surface area contributed by atoms with Crippen LogP contribution in [-0.2, 0) is 5.41 Å². The van der Waals surface area contributed by atoms with Crippen molar-refractivity contribution in [1.29, 1.82) is 0 Å². The zero-order chi connectivity index (χ0) is 17.1. The van der Waals surface area contributed by atoms with Gasteiger partial charge < -0.3 is 5.32 Å². The topological polar surface area (TPSA) is 15.3 Å². The zero-order valence-electron chi connectivity index (χ0n) is 14.2. The van der Waals surface area contributed by atoms with Gasteiger partial charge in [-0.05, 0) is 23.0 Å². The lowest BCUT2D eigenvalue weighted by molar-refractivity contribution is -0.138. The Morgan fingerprint density at radius 2 is 1.61 bits per heavy atom. The summed E-state index contributed by atoms with van der Waals surface area (Å²) in [5.74, 6) is 0. The number of nitrogens with one attached hydrogen (secondary N) is 1. The molecule has 0 spiro atoms. The fourth-order valence-corrected chi connectivity index (χ4v) is 3.06. The number of rotatable bonds is 4. The summed E-state index contributed by atoms with van der Waals surface area (Å²) in [6, 6.07) is 7.96. The first-order valence-electron chi connectivity index (χ1n) is 8.29. The van der Waals surface area contributed by atoms with E-state index in [1.807, 2.05) is 12.1 Å². The summed E-state index contributed by atoms with van der Waals surface area (Å²) in [4.78, 5) is 2.17. The molecule has 1 atom stereocenters. The van der Waals surface area contributed by atoms with Crippen LogP contribution in [0.3, 0.4) is 0 Å². The van der Waals surface area contributed by atoms with Crippen LogP contribution < -0.4 is 5.32 Å². The van der Waals surface area contributed by atoms with Crippen molar-refractivity contribution in [3.8, 4) is 0 Å². The summed E-state index contributed by atoms with van der Waals surface area (Å²) in [6.45, 7) is 9.68. The Morgan fingerprint density at radius 3 is 2.09 bits per heavy atom. The highest BCUT2D eigenvalue weighted by atomic mass is 19.4. The Bertz CT molecular complexity index is 482. The summed E-state index contributed by atoms with van der Waals surface area (Å²) in [5, 5.41) is 3.26. The molecular formula is C18H27F3N2. The number of benzene rings is 1. The molecule has 1 aliphatic heterocycles. The first-order chi connectivity index (χ1) is 10.7. The van der Waals surface area contributed by atoms with Crippen LogP contribution in [0.5, 0.6) is 0 Å². The summed E-state index contributed by atoms with van der Waals surface area (Å²) < 4.78 is 38.1. The second kappa shape index (κ2) is 7.22. The highest BCUT2D eigenvalue weighted by Crippen LogP contribution is 2.33. The fourth-order valence-electron chi connectivity index (χ4n) is 3.06. The minimum Gasteiger partial charge on any atom is -0.314 e. The Morgan fingerprint density at radius 1 is 1.04 bits per heavy atom. The lowest BCUT2D eigenvalue weighted by Gasteiger charge is -2.35. The molecule has 1 heterocycles. The van der Waals surface area contributed by atoms with Gasteiger partial charge in [-0.2, -0.15) is 13.2 Å². The summed E-state index contributed by atoms with van der Waals surface area (Å²) in [7, 11) is 0. The number of halogens is 3. The molecule has 23 heavy (non-hydrogen) atoms. The van der Waals surface area contributed by atoms with E-state index in [0.29, 0.717) is 0 Å². The highest BCUT2D eigenvalue weighted by molar-refractivity contribution is 5.29. The molecule has 1 aromatic carbocycles.